The van der Waals surface area contributed by atoms with Gasteiger partial charge in [-0.3, -0.25) is 10.1 Å². The molecule has 0 spiro atoms. The molecule has 2 aromatic rings. The van der Waals surface area contributed by atoms with Crippen molar-refractivity contribution in [1.82, 2.24) is 0 Å². The van der Waals surface area contributed by atoms with E-state index in [1.165, 1.54) is 0 Å². The van der Waals surface area contributed by atoms with Crippen LogP contribution in [0.2, 0.25) is 5.02 Å². The summed E-state index contributed by atoms with van der Waals surface area (Å²) in [6, 6.07) is 9.73. The fourth-order valence-electron chi connectivity index (χ4n) is 1.85. The molecular weight excluding hydrogens is 283 g/mol. The molecule has 0 bridgehead atoms. The third-order valence-corrected chi connectivity index (χ3v) is 3.09. The van der Waals surface area contributed by atoms with Crippen LogP contribution in [0, 0.1) is 22.9 Å². The molecule has 0 unspecified atom stereocenters. The molecule has 20 heavy (non-hydrogen) atoms. The van der Waals surface area contributed by atoms with Crippen LogP contribution >= 0.6 is 11.6 Å². The van der Waals surface area contributed by atoms with Crippen LogP contribution in [-0.4, -0.2) is 4.92 Å². The highest BCUT2D eigenvalue weighted by Gasteiger charge is 2.17. The van der Waals surface area contributed by atoms with Crippen molar-refractivity contribution in [2.45, 2.75) is 13.5 Å². The Morgan fingerprint density at radius 3 is 2.75 bits per heavy atom. The number of nitro benzene ring substituents is 1. The predicted molar refractivity (Wildman–Crippen MR) is 76.6 cm³/mol. The quantitative estimate of drug-likeness (QED) is 0.675. The number of nitrogens with zero attached hydrogens (tertiary/aromatic N) is 1. The predicted octanol–water partition coefficient (Wildman–Crippen LogP) is 4.31. The van der Waals surface area contributed by atoms with E-state index < -0.39 is 10.7 Å². The van der Waals surface area contributed by atoms with E-state index in [1.54, 1.807) is 0 Å². The Morgan fingerprint density at radius 1 is 1.35 bits per heavy atom. The van der Waals surface area contributed by atoms with Gasteiger partial charge in [0.05, 0.1) is 9.95 Å². The second kappa shape index (κ2) is 5.88. The van der Waals surface area contributed by atoms with Crippen LogP contribution in [0.1, 0.15) is 11.1 Å². The summed E-state index contributed by atoms with van der Waals surface area (Å²) in [5.41, 5.74) is 1.90. The lowest BCUT2D eigenvalue weighted by molar-refractivity contribution is -0.384. The minimum Gasteiger partial charge on any atom is -0.375 e. The molecule has 0 aromatic heterocycles. The average molecular weight is 295 g/mol. The highest BCUT2D eigenvalue weighted by atomic mass is 35.5. The van der Waals surface area contributed by atoms with E-state index in [9.17, 15) is 14.5 Å². The minimum absolute atomic E-state index is 0.110. The first-order chi connectivity index (χ1) is 9.47. The smallest absolute Gasteiger partial charge is 0.294 e. The molecule has 1 N–H and O–H groups in total. The van der Waals surface area contributed by atoms with Crippen molar-refractivity contribution in [3.63, 3.8) is 0 Å². The van der Waals surface area contributed by atoms with Gasteiger partial charge in [-0.2, -0.15) is 0 Å². The Labute approximate surface area is 120 Å². The normalized spacial score (nSPS) is 10.3. The average Bonchev–Trinajstić information content (AvgIpc) is 2.39. The number of aryl methyl sites for hydroxylation is 1. The maximum absolute atomic E-state index is 13.4. The molecule has 0 aliphatic rings. The van der Waals surface area contributed by atoms with Crippen molar-refractivity contribution >= 4 is 23.0 Å². The van der Waals surface area contributed by atoms with Gasteiger partial charge < -0.3 is 5.32 Å². The Kier molecular flexibility index (Phi) is 4.20. The number of hydrogen-bond acceptors (Lipinski definition) is 3. The maximum Gasteiger partial charge on any atom is 0.294 e. The monoisotopic (exact) mass is 294 g/mol. The van der Waals surface area contributed by atoms with Crippen molar-refractivity contribution in [2.75, 3.05) is 5.32 Å². The molecule has 0 aliphatic heterocycles. The largest absolute Gasteiger partial charge is 0.375 e. The molecule has 0 saturated carbocycles. The summed E-state index contributed by atoms with van der Waals surface area (Å²) < 4.78 is 13.4. The lowest BCUT2D eigenvalue weighted by Crippen LogP contribution is -2.03. The summed E-state index contributed by atoms with van der Waals surface area (Å²) >= 11 is 5.56. The van der Waals surface area contributed by atoms with Gasteiger partial charge in [0, 0.05) is 18.7 Å². The van der Waals surface area contributed by atoms with Crippen LogP contribution in [0.15, 0.2) is 36.4 Å². The van der Waals surface area contributed by atoms with Crippen molar-refractivity contribution in [1.29, 1.82) is 0 Å². The molecule has 0 saturated heterocycles. The Balaban J connectivity index is 2.24. The van der Waals surface area contributed by atoms with Crippen LogP contribution in [0.25, 0.3) is 0 Å². The molecule has 4 nitrogen and oxygen atoms in total. The molecular formula is C14H12ClFN2O2. The second-order valence-electron chi connectivity index (χ2n) is 4.38. The number of anilines is 1. The van der Waals surface area contributed by atoms with Gasteiger partial charge in [-0.05, 0) is 12.5 Å². The molecule has 0 heterocycles. The first-order valence-electron chi connectivity index (χ1n) is 5.90. The lowest BCUT2D eigenvalue weighted by atomic mass is 10.1. The molecule has 0 amide bonds. The third-order valence-electron chi connectivity index (χ3n) is 2.80. The van der Waals surface area contributed by atoms with Crippen LogP contribution in [-0.2, 0) is 6.54 Å². The van der Waals surface area contributed by atoms with E-state index in [2.05, 4.69) is 5.32 Å². The van der Waals surface area contributed by atoms with E-state index in [4.69, 9.17) is 11.6 Å². The van der Waals surface area contributed by atoms with Gasteiger partial charge in [0.15, 0.2) is 0 Å². The first kappa shape index (κ1) is 14.3. The maximum atomic E-state index is 13.4. The Bertz CT molecular complexity index is 662. The van der Waals surface area contributed by atoms with Crippen LogP contribution in [0.4, 0.5) is 15.8 Å². The first-order valence-corrected chi connectivity index (χ1v) is 6.28. The van der Waals surface area contributed by atoms with Gasteiger partial charge in [0.25, 0.3) is 5.69 Å². The Morgan fingerprint density at radius 2 is 2.10 bits per heavy atom. The summed E-state index contributed by atoms with van der Waals surface area (Å²) in [7, 11) is 0. The van der Waals surface area contributed by atoms with Gasteiger partial charge in [0.2, 0.25) is 0 Å². The summed E-state index contributed by atoms with van der Waals surface area (Å²) in [6.45, 7) is 2.32. The number of nitro groups is 1. The number of hydrogen-bond donors (Lipinski definition) is 1. The molecule has 2 rings (SSSR count). The van der Waals surface area contributed by atoms with Gasteiger partial charge in [0.1, 0.15) is 11.5 Å². The molecule has 0 aliphatic carbocycles. The van der Waals surface area contributed by atoms with Gasteiger partial charge in [-0.25, -0.2) is 4.39 Å². The third kappa shape index (κ3) is 3.24. The number of halogens is 2. The summed E-state index contributed by atoms with van der Waals surface area (Å²) in [5, 5.41) is 13.5. The van der Waals surface area contributed by atoms with Gasteiger partial charge >= 0.3 is 0 Å². The SMILES string of the molecule is Cc1cccc(CNc2cc(F)c(Cl)cc2[N+](=O)[O-])c1. The highest BCUT2D eigenvalue weighted by molar-refractivity contribution is 6.31. The van der Waals surface area contributed by atoms with E-state index in [0.717, 1.165) is 23.3 Å². The summed E-state index contributed by atoms with van der Waals surface area (Å²) in [6.07, 6.45) is 0. The fourth-order valence-corrected chi connectivity index (χ4v) is 2.01. The molecule has 0 fully saturated rings. The molecule has 104 valence electrons. The van der Waals surface area contributed by atoms with E-state index in [1.807, 2.05) is 31.2 Å². The van der Waals surface area contributed by atoms with Crippen molar-refractivity contribution in [3.05, 3.63) is 68.5 Å². The van der Waals surface area contributed by atoms with Crippen molar-refractivity contribution < 1.29 is 9.31 Å². The Hall–Kier alpha value is -2.14. The molecule has 6 heteroatoms. The van der Waals surface area contributed by atoms with E-state index >= 15 is 0 Å². The standard InChI is InChI=1S/C14H12ClFN2O2/c1-9-3-2-4-10(5-9)8-17-13-7-12(16)11(15)6-14(13)18(19)20/h2-7,17H,8H2,1H3. The van der Waals surface area contributed by atoms with Crippen molar-refractivity contribution in [3.8, 4) is 0 Å². The summed E-state index contributed by atoms with van der Waals surface area (Å²) in [5.74, 6) is -0.691. The molecule has 2 aromatic carbocycles. The second-order valence-corrected chi connectivity index (χ2v) is 4.79. The minimum atomic E-state index is -0.691. The van der Waals surface area contributed by atoms with Crippen molar-refractivity contribution in [2.24, 2.45) is 0 Å². The topological polar surface area (TPSA) is 55.2 Å². The van der Waals surface area contributed by atoms with Gasteiger partial charge in [-0.1, -0.05) is 41.4 Å². The number of rotatable bonds is 4. The van der Waals surface area contributed by atoms with Gasteiger partial charge in [-0.15, -0.1) is 0 Å². The zero-order valence-corrected chi connectivity index (χ0v) is 11.4. The highest BCUT2D eigenvalue weighted by Crippen LogP contribution is 2.30. The van der Waals surface area contributed by atoms with E-state index in [-0.39, 0.29) is 16.4 Å². The zero-order chi connectivity index (χ0) is 14.7. The fraction of sp³-hybridized carbons (Fsp3) is 0.143. The zero-order valence-electron chi connectivity index (χ0n) is 10.7. The number of nitrogens with one attached hydrogen (secondary N) is 1. The van der Waals surface area contributed by atoms with Crippen LogP contribution in [0.5, 0.6) is 0 Å². The molecule has 0 atom stereocenters. The molecule has 0 radical (unpaired) electrons. The van der Waals surface area contributed by atoms with E-state index in [0.29, 0.717) is 6.54 Å². The van der Waals surface area contributed by atoms with Crippen LogP contribution in [0.3, 0.4) is 0 Å². The van der Waals surface area contributed by atoms with Crippen LogP contribution < -0.4 is 5.32 Å². The number of benzene rings is 2. The lowest BCUT2D eigenvalue weighted by Gasteiger charge is -2.08. The summed E-state index contributed by atoms with van der Waals surface area (Å²) in [4.78, 5) is 10.3.